The molecule has 0 atom stereocenters. The van der Waals surface area contributed by atoms with E-state index in [-0.39, 0.29) is 4.90 Å². The minimum atomic E-state index is -3.72. The molecule has 0 fully saturated rings. The average Bonchev–Trinajstić information content (AvgIpc) is 2.47. The summed E-state index contributed by atoms with van der Waals surface area (Å²) in [6, 6.07) is 16.5. The van der Waals surface area contributed by atoms with Gasteiger partial charge in [0.25, 0.3) is 0 Å². The van der Waals surface area contributed by atoms with Crippen molar-refractivity contribution in [3.8, 4) is 0 Å². The van der Waals surface area contributed by atoms with Crippen LogP contribution in [-0.2, 0) is 16.4 Å². The predicted octanol–water partition coefficient (Wildman–Crippen LogP) is 2.47. The average molecular weight is 298 g/mol. The summed E-state index contributed by atoms with van der Waals surface area (Å²) in [4.78, 5) is 4.48. The highest BCUT2D eigenvalue weighted by atomic mass is 32.2. The lowest BCUT2D eigenvalue weighted by molar-refractivity contribution is 0.597. The summed E-state index contributed by atoms with van der Waals surface area (Å²) in [5, 5.41) is 6.30. The van der Waals surface area contributed by atoms with Crippen LogP contribution in [0.4, 0.5) is 0 Å². The van der Waals surface area contributed by atoms with Gasteiger partial charge in [0.2, 0.25) is 10.0 Å². The molecule has 0 amide bonds. The highest BCUT2D eigenvalue weighted by Crippen LogP contribution is 2.22. The highest BCUT2D eigenvalue weighted by Gasteiger charge is 2.14. The van der Waals surface area contributed by atoms with Crippen LogP contribution in [0.5, 0.6) is 0 Å². The molecule has 0 aliphatic heterocycles. The zero-order valence-electron chi connectivity index (χ0n) is 11.2. The molecule has 3 rings (SSSR count). The first-order valence-electron chi connectivity index (χ1n) is 6.49. The smallest absolute Gasteiger partial charge is 0.238 e. The van der Waals surface area contributed by atoms with Gasteiger partial charge < -0.3 is 0 Å². The number of fused-ring (bicyclic) bond motifs is 1. The number of para-hydroxylation sites is 1. The normalized spacial score (nSPS) is 11.7. The lowest BCUT2D eigenvalue weighted by Gasteiger charge is -2.09. The summed E-state index contributed by atoms with van der Waals surface area (Å²) in [5.41, 5.74) is 2.61. The minimum absolute atomic E-state index is 0.172. The Kier molecular flexibility index (Phi) is 3.45. The van der Waals surface area contributed by atoms with Crippen molar-refractivity contribution in [1.82, 2.24) is 4.98 Å². The first-order valence-corrected chi connectivity index (χ1v) is 8.04. The molecule has 4 nitrogen and oxygen atoms in total. The third-order valence-corrected chi connectivity index (χ3v) is 4.41. The Balaban J connectivity index is 2.12. The van der Waals surface area contributed by atoms with Crippen molar-refractivity contribution in [3.63, 3.8) is 0 Å². The van der Waals surface area contributed by atoms with Gasteiger partial charge >= 0.3 is 0 Å². The Hall–Kier alpha value is -2.24. The number of benzene rings is 2. The van der Waals surface area contributed by atoms with Crippen LogP contribution in [0.15, 0.2) is 65.7 Å². The molecular weight excluding hydrogens is 284 g/mol. The van der Waals surface area contributed by atoms with Crippen molar-refractivity contribution in [1.29, 1.82) is 0 Å². The molecule has 0 radical (unpaired) electrons. The number of aromatic nitrogens is 1. The quantitative estimate of drug-likeness (QED) is 0.807. The van der Waals surface area contributed by atoms with E-state index in [1.165, 1.54) is 6.07 Å². The van der Waals surface area contributed by atoms with E-state index in [2.05, 4.69) is 4.98 Å². The van der Waals surface area contributed by atoms with Crippen LogP contribution in [-0.4, -0.2) is 13.4 Å². The Morgan fingerprint density at radius 2 is 1.62 bits per heavy atom. The summed E-state index contributed by atoms with van der Waals surface area (Å²) < 4.78 is 23.3. The summed E-state index contributed by atoms with van der Waals surface area (Å²) in [5.74, 6) is 0. The van der Waals surface area contributed by atoms with Crippen molar-refractivity contribution < 1.29 is 8.42 Å². The molecule has 106 valence electrons. The maximum Gasteiger partial charge on any atom is 0.238 e. The monoisotopic (exact) mass is 298 g/mol. The number of primary sulfonamides is 1. The highest BCUT2D eigenvalue weighted by molar-refractivity contribution is 7.89. The fourth-order valence-electron chi connectivity index (χ4n) is 2.44. The first-order chi connectivity index (χ1) is 10.1. The van der Waals surface area contributed by atoms with Gasteiger partial charge in [-0.05, 0) is 35.7 Å². The van der Waals surface area contributed by atoms with Crippen molar-refractivity contribution in [3.05, 3.63) is 71.9 Å². The Morgan fingerprint density at radius 3 is 2.43 bits per heavy atom. The Labute approximate surface area is 123 Å². The standard InChI is InChI=1S/C16H14N2O2S/c17-21(19,20)16-8-4-1-5-13(16)11-12-9-10-18-15-7-3-2-6-14(12)15/h1-10H,11H2,(H2,17,19,20). The summed E-state index contributed by atoms with van der Waals surface area (Å²) in [6.07, 6.45) is 2.23. The van der Waals surface area contributed by atoms with Gasteiger partial charge in [0, 0.05) is 11.6 Å². The molecule has 0 bridgehead atoms. The molecule has 5 heteroatoms. The van der Waals surface area contributed by atoms with Crippen LogP contribution < -0.4 is 5.14 Å². The van der Waals surface area contributed by atoms with Crippen molar-refractivity contribution in [2.24, 2.45) is 5.14 Å². The van der Waals surface area contributed by atoms with E-state index in [4.69, 9.17) is 5.14 Å². The zero-order chi connectivity index (χ0) is 14.9. The molecule has 3 aromatic rings. The van der Waals surface area contributed by atoms with Gasteiger partial charge in [-0.2, -0.15) is 0 Å². The number of pyridine rings is 1. The fraction of sp³-hybridized carbons (Fsp3) is 0.0625. The molecule has 2 N–H and O–H groups in total. The molecule has 1 heterocycles. The number of sulfonamides is 1. The van der Waals surface area contributed by atoms with Gasteiger partial charge in [0.1, 0.15) is 0 Å². The van der Waals surface area contributed by atoms with E-state index >= 15 is 0 Å². The van der Waals surface area contributed by atoms with Gasteiger partial charge in [0.05, 0.1) is 10.4 Å². The molecule has 21 heavy (non-hydrogen) atoms. The molecule has 0 aliphatic rings. The number of nitrogens with zero attached hydrogens (tertiary/aromatic N) is 1. The molecule has 2 aromatic carbocycles. The largest absolute Gasteiger partial charge is 0.256 e. The maximum atomic E-state index is 11.7. The van der Waals surface area contributed by atoms with Gasteiger partial charge in [0.15, 0.2) is 0 Å². The topological polar surface area (TPSA) is 73.1 Å². The molecule has 0 aliphatic carbocycles. The second-order valence-corrected chi connectivity index (χ2v) is 6.35. The number of rotatable bonds is 3. The van der Waals surface area contributed by atoms with E-state index < -0.39 is 10.0 Å². The van der Waals surface area contributed by atoms with Gasteiger partial charge in [-0.15, -0.1) is 0 Å². The third-order valence-electron chi connectivity index (χ3n) is 3.40. The van der Waals surface area contributed by atoms with Crippen LogP contribution in [0, 0.1) is 0 Å². The van der Waals surface area contributed by atoms with Gasteiger partial charge in [-0.25, -0.2) is 13.6 Å². The first kappa shape index (κ1) is 13.7. The third kappa shape index (κ3) is 2.79. The van der Waals surface area contributed by atoms with Crippen molar-refractivity contribution in [2.75, 3.05) is 0 Å². The number of nitrogens with two attached hydrogens (primary N) is 1. The van der Waals surface area contributed by atoms with Crippen LogP contribution in [0.2, 0.25) is 0 Å². The lowest BCUT2D eigenvalue weighted by Crippen LogP contribution is -2.14. The SMILES string of the molecule is NS(=O)(=O)c1ccccc1Cc1ccnc2ccccc12. The maximum absolute atomic E-state index is 11.7. The lowest BCUT2D eigenvalue weighted by atomic mass is 10.0. The van der Waals surface area contributed by atoms with Gasteiger partial charge in [-0.3, -0.25) is 4.98 Å². The van der Waals surface area contributed by atoms with E-state index in [1.54, 1.807) is 18.3 Å². The van der Waals surface area contributed by atoms with Crippen molar-refractivity contribution >= 4 is 20.9 Å². The minimum Gasteiger partial charge on any atom is -0.256 e. The predicted molar refractivity (Wildman–Crippen MR) is 82.4 cm³/mol. The molecule has 0 saturated heterocycles. The Morgan fingerprint density at radius 1 is 0.905 bits per heavy atom. The summed E-state index contributed by atoms with van der Waals surface area (Å²) in [6.45, 7) is 0. The second kappa shape index (κ2) is 5.27. The van der Waals surface area contributed by atoms with E-state index in [0.717, 1.165) is 16.5 Å². The van der Waals surface area contributed by atoms with Crippen LogP contribution in [0.25, 0.3) is 10.9 Å². The fourth-order valence-corrected chi connectivity index (χ4v) is 3.22. The van der Waals surface area contributed by atoms with E-state index in [1.807, 2.05) is 36.4 Å². The summed E-state index contributed by atoms with van der Waals surface area (Å²) in [7, 11) is -3.72. The van der Waals surface area contributed by atoms with Crippen LogP contribution in [0.1, 0.15) is 11.1 Å². The second-order valence-electron chi connectivity index (χ2n) is 4.82. The van der Waals surface area contributed by atoms with E-state index in [0.29, 0.717) is 12.0 Å². The molecular formula is C16H14N2O2S. The zero-order valence-corrected chi connectivity index (χ0v) is 12.0. The van der Waals surface area contributed by atoms with Crippen molar-refractivity contribution in [2.45, 2.75) is 11.3 Å². The van der Waals surface area contributed by atoms with Crippen LogP contribution in [0.3, 0.4) is 0 Å². The number of hydrogen-bond acceptors (Lipinski definition) is 3. The molecule has 0 spiro atoms. The molecule has 0 saturated carbocycles. The van der Waals surface area contributed by atoms with E-state index in [9.17, 15) is 8.42 Å². The van der Waals surface area contributed by atoms with Crippen LogP contribution >= 0.6 is 0 Å². The summed E-state index contributed by atoms with van der Waals surface area (Å²) >= 11 is 0. The molecule has 1 aromatic heterocycles. The number of hydrogen-bond donors (Lipinski definition) is 1. The Bertz CT molecular complexity index is 900. The van der Waals surface area contributed by atoms with Gasteiger partial charge in [-0.1, -0.05) is 36.4 Å². The molecule has 0 unspecified atom stereocenters.